The second-order valence-electron chi connectivity index (χ2n) is 25.6. The van der Waals surface area contributed by atoms with Crippen LogP contribution in [0.2, 0.25) is 0 Å². The first kappa shape index (κ1) is 43.0. The van der Waals surface area contributed by atoms with Gasteiger partial charge in [-0.2, -0.15) is 0 Å². The molecular formula is C62H70N4O2. The Labute approximate surface area is 401 Å². The zero-order valence-corrected chi connectivity index (χ0v) is 42.9. The molecule has 0 radical (unpaired) electrons. The summed E-state index contributed by atoms with van der Waals surface area (Å²) in [6, 6.07) is 19.2. The van der Waals surface area contributed by atoms with Gasteiger partial charge in [-0.15, -0.1) is 0 Å². The first-order valence-electron chi connectivity index (χ1n) is 26.6. The second-order valence-corrected chi connectivity index (χ2v) is 25.6. The highest BCUT2D eigenvalue weighted by atomic mass is 16.1. The monoisotopic (exact) mass is 903 g/mol. The molecular weight excluding hydrogens is 833 g/mol. The molecule has 5 heterocycles. The van der Waals surface area contributed by atoms with E-state index < -0.39 is 0 Å². The summed E-state index contributed by atoms with van der Waals surface area (Å²) in [7, 11) is 0. The quantitative estimate of drug-likeness (QED) is 0.152. The standard InChI is InChI=1S/C62H70N4O2/c1-13-15-57(7,8)35-25-39-37-29-45-41(53(67)61(33(3)4)21-17-59(45,11)18-22-61)31-47(37)65-51(39)43(27-35)49-55(65)64-50-44-28-36(58(9,10)16-14-2)26-40-38-30-46-42(32-48(38)66(52(40)44)56(50)63-49)54(68)62(34(5)6)23-19-60(46,12)20-24-62/h25-34H,13-24H2,1-12H3. The normalized spacial score (nSPS) is 25.7. The fourth-order valence-corrected chi connectivity index (χ4v) is 15.7. The van der Waals surface area contributed by atoms with Gasteiger partial charge in [-0.1, -0.05) is 95.9 Å². The molecule has 0 spiro atoms. The number of nitrogens with zero attached hydrogens (tertiary/aromatic N) is 4. The van der Waals surface area contributed by atoms with E-state index in [1.54, 1.807) is 0 Å². The molecule has 15 rings (SSSR count). The van der Waals surface area contributed by atoms with E-state index in [1.165, 1.54) is 43.8 Å². The summed E-state index contributed by atoms with van der Waals surface area (Å²) in [5.41, 5.74) is 14.0. The molecule has 5 aromatic heterocycles. The lowest BCUT2D eigenvalue weighted by Crippen LogP contribution is -2.39. The van der Waals surface area contributed by atoms with E-state index in [0.717, 1.165) is 143 Å². The number of aromatic nitrogens is 4. The number of fused-ring (bicyclic) bond motifs is 16. The fourth-order valence-electron chi connectivity index (χ4n) is 15.7. The van der Waals surface area contributed by atoms with Crippen molar-refractivity contribution in [3.05, 3.63) is 81.9 Å². The molecule has 6 aliphatic rings. The van der Waals surface area contributed by atoms with Crippen molar-refractivity contribution in [1.82, 2.24) is 18.8 Å². The molecule has 4 aromatic carbocycles. The number of carbonyl (C=O) groups is 2. The van der Waals surface area contributed by atoms with Crippen LogP contribution in [-0.2, 0) is 21.7 Å². The molecule has 0 amide bonds. The van der Waals surface area contributed by atoms with Gasteiger partial charge >= 0.3 is 0 Å². The van der Waals surface area contributed by atoms with Gasteiger partial charge in [0.05, 0.1) is 22.1 Å². The predicted octanol–water partition coefficient (Wildman–Crippen LogP) is 16.3. The summed E-state index contributed by atoms with van der Waals surface area (Å²) in [5.74, 6) is 1.23. The van der Waals surface area contributed by atoms with Gasteiger partial charge in [0.15, 0.2) is 22.9 Å². The molecule has 0 saturated heterocycles. The minimum atomic E-state index is -0.329. The van der Waals surface area contributed by atoms with Crippen LogP contribution < -0.4 is 0 Å². The number of carbonyl (C=O) groups excluding carboxylic acids is 2. The summed E-state index contributed by atoms with van der Waals surface area (Å²) in [6.07, 6.45) is 12.3. The van der Waals surface area contributed by atoms with Crippen LogP contribution in [0.5, 0.6) is 0 Å². The number of Topliss-reactive ketones (excluding diaryl/α,β-unsaturated/α-hetero) is 2. The number of ketones is 2. The van der Waals surface area contributed by atoms with Gasteiger partial charge in [0.1, 0.15) is 11.0 Å². The summed E-state index contributed by atoms with van der Waals surface area (Å²) in [5, 5.41) is 7.14. The molecule has 9 aromatic rings. The molecule has 6 heteroatoms. The summed E-state index contributed by atoms with van der Waals surface area (Å²) in [4.78, 5) is 42.1. The molecule has 6 nitrogen and oxygen atoms in total. The fraction of sp³-hybridized carbons (Fsp3) is 0.516. The molecule has 2 fully saturated rings. The summed E-state index contributed by atoms with van der Waals surface area (Å²) < 4.78 is 4.77. The van der Waals surface area contributed by atoms with Gasteiger partial charge in [-0.25, -0.2) is 9.97 Å². The minimum absolute atomic E-state index is 0.0408. The Morgan fingerprint density at radius 1 is 0.515 bits per heavy atom. The SMILES string of the molecule is CCCC(C)(C)c1cc2c3cc4c(cc3n3c5nc6c7cc(C(C)(C)CCC)cc8c9cc%10c(cc9n(c6nc5c(c1)c23)c87)C(=O)C1(C(C)C)CCC%10(C)CC1)C(=O)C1(C(C)C)CCC4(C)CC1. The Balaban J connectivity index is 1.19. The third-order valence-corrected chi connectivity index (χ3v) is 20.5. The number of hydrogen-bond donors (Lipinski definition) is 0. The third kappa shape index (κ3) is 5.10. The van der Waals surface area contributed by atoms with Crippen molar-refractivity contribution < 1.29 is 9.59 Å². The highest BCUT2D eigenvalue weighted by molar-refractivity contribution is 6.27. The molecule has 4 bridgehead atoms. The first-order valence-corrected chi connectivity index (χ1v) is 26.6. The van der Waals surface area contributed by atoms with Crippen LogP contribution in [0.4, 0.5) is 0 Å². The van der Waals surface area contributed by atoms with Gasteiger partial charge < -0.3 is 0 Å². The molecule has 2 saturated carbocycles. The van der Waals surface area contributed by atoms with E-state index in [0.29, 0.717) is 11.6 Å². The van der Waals surface area contributed by atoms with E-state index in [4.69, 9.17) is 9.97 Å². The largest absolute Gasteiger partial charge is 0.294 e. The van der Waals surface area contributed by atoms with Gasteiger partial charge in [0, 0.05) is 54.3 Å². The average Bonchev–Trinajstić information content (AvgIpc) is 3.96. The second kappa shape index (κ2) is 13.4. The van der Waals surface area contributed by atoms with E-state index in [-0.39, 0.29) is 44.3 Å². The highest BCUT2D eigenvalue weighted by Crippen LogP contribution is 2.59. The lowest BCUT2D eigenvalue weighted by Gasteiger charge is -2.42. The molecule has 0 unspecified atom stereocenters. The average molecular weight is 903 g/mol. The van der Waals surface area contributed by atoms with Gasteiger partial charge in [-0.05, 0) is 168 Å². The molecule has 68 heavy (non-hydrogen) atoms. The Bertz CT molecular complexity index is 3440. The van der Waals surface area contributed by atoms with Gasteiger partial charge in [0.2, 0.25) is 0 Å². The van der Waals surface area contributed by atoms with Gasteiger partial charge in [-0.3, -0.25) is 18.4 Å². The van der Waals surface area contributed by atoms with E-state index in [2.05, 4.69) is 140 Å². The van der Waals surface area contributed by atoms with E-state index in [1.807, 2.05) is 0 Å². The van der Waals surface area contributed by atoms with Crippen molar-refractivity contribution in [2.75, 3.05) is 0 Å². The summed E-state index contributed by atoms with van der Waals surface area (Å²) >= 11 is 0. The van der Waals surface area contributed by atoms with Crippen LogP contribution in [0.25, 0.3) is 76.7 Å². The molecule has 6 aliphatic carbocycles. The Morgan fingerprint density at radius 2 is 0.868 bits per heavy atom. The molecule has 0 N–H and O–H groups in total. The zero-order chi connectivity index (χ0) is 47.6. The van der Waals surface area contributed by atoms with Crippen molar-refractivity contribution in [3.8, 4) is 0 Å². The maximum absolute atomic E-state index is 15.2. The van der Waals surface area contributed by atoms with Crippen LogP contribution in [0, 0.1) is 22.7 Å². The third-order valence-electron chi connectivity index (χ3n) is 20.5. The smallest absolute Gasteiger partial charge is 0.169 e. The van der Waals surface area contributed by atoms with Crippen LogP contribution in [0.15, 0.2) is 48.5 Å². The lowest BCUT2D eigenvalue weighted by atomic mass is 9.60. The van der Waals surface area contributed by atoms with Crippen molar-refractivity contribution in [1.29, 1.82) is 0 Å². The van der Waals surface area contributed by atoms with Crippen molar-refractivity contribution >= 4 is 88.3 Å². The Hall–Kier alpha value is -5.10. The maximum atomic E-state index is 15.2. The van der Waals surface area contributed by atoms with Crippen LogP contribution in [0.3, 0.4) is 0 Å². The maximum Gasteiger partial charge on any atom is 0.169 e. The zero-order valence-electron chi connectivity index (χ0n) is 42.9. The number of hydrogen-bond acceptors (Lipinski definition) is 4. The van der Waals surface area contributed by atoms with Crippen LogP contribution in [0.1, 0.15) is 203 Å². The highest BCUT2D eigenvalue weighted by Gasteiger charge is 2.54. The number of rotatable bonds is 8. The van der Waals surface area contributed by atoms with Crippen molar-refractivity contribution in [2.24, 2.45) is 22.7 Å². The number of benzene rings is 4. The van der Waals surface area contributed by atoms with Crippen LogP contribution in [-0.4, -0.2) is 30.3 Å². The molecule has 0 aliphatic heterocycles. The molecule has 0 atom stereocenters. The topological polar surface area (TPSA) is 68.7 Å². The first-order chi connectivity index (χ1) is 32.2. The van der Waals surface area contributed by atoms with Crippen molar-refractivity contribution in [2.45, 2.75) is 182 Å². The van der Waals surface area contributed by atoms with Gasteiger partial charge in [0.25, 0.3) is 0 Å². The Kier molecular flexibility index (Phi) is 8.46. The van der Waals surface area contributed by atoms with E-state index >= 15 is 9.59 Å². The minimum Gasteiger partial charge on any atom is -0.294 e. The summed E-state index contributed by atoms with van der Waals surface area (Å²) in [6.45, 7) is 28.0. The van der Waals surface area contributed by atoms with Crippen molar-refractivity contribution in [3.63, 3.8) is 0 Å². The van der Waals surface area contributed by atoms with E-state index in [9.17, 15) is 0 Å². The predicted molar refractivity (Wildman–Crippen MR) is 282 cm³/mol. The Morgan fingerprint density at radius 3 is 1.21 bits per heavy atom. The van der Waals surface area contributed by atoms with Crippen LogP contribution >= 0.6 is 0 Å². The lowest BCUT2D eigenvalue weighted by molar-refractivity contribution is 0.0537. The molecule has 350 valence electrons.